The maximum atomic E-state index is 12.5. The van der Waals surface area contributed by atoms with E-state index in [-0.39, 0.29) is 18.4 Å². The molecule has 8 nitrogen and oxygen atoms in total. The molecule has 0 unspecified atom stereocenters. The minimum atomic E-state index is -0.876. The molecule has 0 aromatic heterocycles. The van der Waals surface area contributed by atoms with Gasteiger partial charge in [0.2, 0.25) is 17.7 Å². The number of carbonyl (C=O) groups is 3. The number of hydrogen-bond acceptors (Lipinski definition) is 5. The van der Waals surface area contributed by atoms with Crippen molar-refractivity contribution in [1.82, 2.24) is 10.6 Å². The monoisotopic (exact) mass is 329 g/mol. The summed E-state index contributed by atoms with van der Waals surface area (Å²) in [4.78, 5) is 35.9. The summed E-state index contributed by atoms with van der Waals surface area (Å²) in [6.07, 6.45) is 1.11. The van der Waals surface area contributed by atoms with Crippen LogP contribution < -0.4 is 27.8 Å². The average molecular weight is 329 g/mol. The van der Waals surface area contributed by atoms with Crippen LogP contribution in [0.2, 0.25) is 0 Å². The van der Waals surface area contributed by atoms with Crippen LogP contribution in [0.15, 0.2) is 0 Å². The van der Waals surface area contributed by atoms with Crippen LogP contribution in [0.5, 0.6) is 0 Å². The Morgan fingerprint density at radius 2 is 1.61 bits per heavy atom. The van der Waals surface area contributed by atoms with E-state index in [1.54, 1.807) is 0 Å². The highest BCUT2D eigenvalue weighted by Gasteiger charge is 2.29. The van der Waals surface area contributed by atoms with Crippen LogP contribution in [0.1, 0.15) is 40.5 Å². The number of nitrogens with two attached hydrogens (primary N) is 3. The van der Waals surface area contributed by atoms with Gasteiger partial charge < -0.3 is 27.8 Å². The van der Waals surface area contributed by atoms with Crippen molar-refractivity contribution in [2.24, 2.45) is 29.0 Å². The fraction of sp³-hybridized carbons (Fsp3) is 0.800. The first-order valence-corrected chi connectivity index (χ1v) is 7.99. The van der Waals surface area contributed by atoms with Gasteiger partial charge >= 0.3 is 0 Å². The first-order chi connectivity index (χ1) is 10.6. The van der Waals surface area contributed by atoms with Gasteiger partial charge in [-0.05, 0) is 18.3 Å². The predicted molar refractivity (Wildman–Crippen MR) is 89.0 cm³/mol. The lowest BCUT2D eigenvalue weighted by Gasteiger charge is -2.26. The topological polar surface area (TPSA) is 153 Å². The van der Waals surface area contributed by atoms with Gasteiger partial charge in [0.15, 0.2) is 0 Å². The number of carbonyl (C=O) groups excluding carboxylic acids is 3. The highest BCUT2D eigenvalue weighted by Crippen LogP contribution is 2.10. The second kappa shape index (κ2) is 10.2. The zero-order chi connectivity index (χ0) is 18.2. The highest BCUT2D eigenvalue weighted by molar-refractivity contribution is 5.92. The Morgan fingerprint density at radius 1 is 1.04 bits per heavy atom. The van der Waals surface area contributed by atoms with Crippen LogP contribution >= 0.6 is 0 Å². The predicted octanol–water partition coefficient (Wildman–Crippen LogP) is -1.18. The second-order valence-corrected chi connectivity index (χ2v) is 6.31. The smallest absolute Gasteiger partial charge is 0.243 e. The molecule has 0 bridgehead atoms. The van der Waals surface area contributed by atoms with E-state index in [1.165, 1.54) is 0 Å². The molecule has 0 aliphatic carbocycles. The summed E-state index contributed by atoms with van der Waals surface area (Å²) in [7, 11) is 0. The molecule has 23 heavy (non-hydrogen) atoms. The van der Waals surface area contributed by atoms with E-state index >= 15 is 0 Å². The largest absolute Gasteiger partial charge is 0.368 e. The van der Waals surface area contributed by atoms with Crippen LogP contribution in [0, 0.1) is 11.8 Å². The molecule has 0 aromatic carbocycles. The lowest BCUT2D eigenvalue weighted by atomic mass is 9.97. The van der Waals surface area contributed by atoms with Gasteiger partial charge in [0.05, 0.1) is 6.04 Å². The van der Waals surface area contributed by atoms with Crippen LogP contribution in [-0.4, -0.2) is 42.4 Å². The zero-order valence-corrected chi connectivity index (χ0v) is 14.5. The molecule has 8 heteroatoms. The van der Waals surface area contributed by atoms with E-state index in [9.17, 15) is 14.4 Å². The number of nitrogens with one attached hydrogen (secondary N) is 2. The third-order valence-electron chi connectivity index (χ3n) is 3.75. The summed E-state index contributed by atoms with van der Waals surface area (Å²) in [5.74, 6) is -1.47. The van der Waals surface area contributed by atoms with Crippen molar-refractivity contribution in [3.63, 3.8) is 0 Å². The molecule has 0 aliphatic rings. The SMILES string of the molecule is CC[C@H](C)[C@H](NC(=O)[C@H](CC(C)C)NC(=O)[C@@H](N)CN)C(N)=O. The van der Waals surface area contributed by atoms with E-state index in [4.69, 9.17) is 17.2 Å². The first-order valence-electron chi connectivity index (χ1n) is 7.99. The summed E-state index contributed by atoms with van der Waals surface area (Å²) in [5.41, 5.74) is 16.3. The van der Waals surface area contributed by atoms with Crippen molar-refractivity contribution in [3.05, 3.63) is 0 Å². The van der Waals surface area contributed by atoms with Gasteiger partial charge in [-0.3, -0.25) is 14.4 Å². The molecule has 134 valence electrons. The first kappa shape index (κ1) is 21.3. The van der Waals surface area contributed by atoms with Crippen molar-refractivity contribution in [3.8, 4) is 0 Å². The zero-order valence-electron chi connectivity index (χ0n) is 14.5. The Bertz CT molecular complexity index is 414. The number of rotatable bonds is 10. The van der Waals surface area contributed by atoms with Crippen molar-refractivity contribution in [2.45, 2.75) is 58.7 Å². The Kier molecular flexibility index (Phi) is 9.43. The van der Waals surface area contributed by atoms with Crippen molar-refractivity contribution >= 4 is 17.7 Å². The molecule has 0 aromatic rings. The normalized spacial score (nSPS) is 16.3. The standard InChI is InChI=1S/C15H31N5O3/c1-5-9(4)12(13(18)21)20-15(23)11(6-8(2)3)19-14(22)10(17)7-16/h8-12H,5-7,16-17H2,1-4H3,(H2,18,21)(H,19,22)(H,20,23)/t9-,10-,11-,12-/m0/s1. The molecule has 0 radical (unpaired) electrons. The van der Waals surface area contributed by atoms with Crippen LogP contribution in [0.4, 0.5) is 0 Å². The van der Waals surface area contributed by atoms with Crippen molar-refractivity contribution in [1.29, 1.82) is 0 Å². The molecule has 0 heterocycles. The summed E-state index contributed by atoms with van der Waals surface area (Å²) >= 11 is 0. The van der Waals surface area contributed by atoms with E-state index < -0.39 is 35.8 Å². The highest BCUT2D eigenvalue weighted by atomic mass is 16.2. The third kappa shape index (κ3) is 7.43. The van der Waals surface area contributed by atoms with Gasteiger partial charge in [-0.2, -0.15) is 0 Å². The molecule has 3 amide bonds. The Balaban J connectivity index is 5.05. The lowest BCUT2D eigenvalue weighted by molar-refractivity contribution is -0.132. The molecule has 4 atom stereocenters. The van der Waals surface area contributed by atoms with Crippen LogP contribution in [0.3, 0.4) is 0 Å². The van der Waals surface area contributed by atoms with Crippen LogP contribution in [-0.2, 0) is 14.4 Å². The molecule has 8 N–H and O–H groups in total. The maximum absolute atomic E-state index is 12.5. The van der Waals surface area contributed by atoms with Crippen molar-refractivity contribution < 1.29 is 14.4 Å². The van der Waals surface area contributed by atoms with Gasteiger partial charge in [-0.25, -0.2) is 0 Å². The fourth-order valence-electron chi connectivity index (χ4n) is 2.07. The summed E-state index contributed by atoms with van der Waals surface area (Å²) in [6, 6.07) is -2.44. The molecule has 0 fully saturated rings. The summed E-state index contributed by atoms with van der Waals surface area (Å²) < 4.78 is 0. The van der Waals surface area contributed by atoms with E-state index in [1.807, 2.05) is 27.7 Å². The molecular weight excluding hydrogens is 298 g/mol. The second-order valence-electron chi connectivity index (χ2n) is 6.31. The number of primary amides is 1. The molecule has 0 saturated carbocycles. The number of amides is 3. The molecule has 0 rings (SSSR count). The molecular formula is C15H31N5O3. The van der Waals surface area contributed by atoms with Gasteiger partial charge in [-0.15, -0.1) is 0 Å². The fourth-order valence-corrected chi connectivity index (χ4v) is 2.07. The summed E-state index contributed by atoms with van der Waals surface area (Å²) in [5, 5.41) is 5.23. The number of hydrogen-bond donors (Lipinski definition) is 5. The minimum absolute atomic E-state index is 0.0152. The van der Waals surface area contributed by atoms with E-state index in [2.05, 4.69) is 10.6 Å². The van der Waals surface area contributed by atoms with Crippen molar-refractivity contribution in [2.75, 3.05) is 6.54 Å². The minimum Gasteiger partial charge on any atom is -0.368 e. The van der Waals surface area contributed by atoms with Crippen LogP contribution in [0.25, 0.3) is 0 Å². The average Bonchev–Trinajstić information content (AvgIpc) is 2.48. The Labute approximate surface area is 137 Å². The van der Waals surface area contributed by atoms with Gasteiger partial charge in [0.25, 0.3) is 0 Å². The quantitative estimate of drug-likeness (QED) is 0.341. The molecule has 0 aliphatic heterocycles. The van der Waals surface area contributed by atoms with Gasteiger partial charge in [-0.1, -0.05) is 34.1 Å². The van der Waals surface area contributed by atoms with E-state index in [0.717, 1.165) is 0 Å². The maximum Gasteiger partial charge on any atom is 0.243 e. The Hall–Kier alpha value is -1.67. The summed E-state index contributed by atoms with van der Waals surface area (Å²) in [6.45, 7) is 7.57. The lowest BCUT2D eigenvalue weighted by Crippen LogP contribution is -2.57. The molecule has 0 spiro atoms. The van der Waals surface area contributed by atoms with E-state index in [0.29, 0.717) is 12.8 Å². The van der Waals surface area contributed by atoms with Gasteiger partial charge in [0, 0.05) is 6.54 Å². The Morgan fingerprint density at radius 3 is 2.00 bits per heavy atom. The van der Waals surface area contributed by atoms with Gasteiger partial charge in [0.1, 0.15) is 12.1 Å². The molecule has 0 saturated heterocycles. The third-order valence-corrected chi connectivity index (χ3v) is 3.75.